The van der Waals surface area contributed by atoms with E-state index in [-0.39, 0.29) is 16.7 Å². The summed E-state index contributed by atoms with van der Waals surface area (Å²) in [5.41, 5.74) is 2.06. The highest BCUT2D eigenvalue weighted by molar-refractivity contribution is 9.10. The van der Waals surface area contributed by atoms with Gasteiger partial charge in [-0.2, -0.15) is 0 Å². The van der Waals surface area contributed by atoms with Crippen molar-refractivity contribution in [1.29, 1.82) is 0 Å². The van der Waals surface area contributed by atoms with Crippen molar-refractivity contribution in [2.45, 2.75) is 24.2 Å². The van der Waals surface area contributed by atoms with E-state index in [0.29, 0.717) is 27.4 Å². The number of nitrogens with one attached hydrogen (secondary N) is 1. The summed E-state index contributed by atoms with van der Waals surface area (Å²) in [4.78, 5) is 14.3. The molecule has 0 atom stereocenters. The predicted octanol–water partition coefficient (Wildman–Crippen LogP) is 4.20. The fraction of sp³-hybridized carbons (Fsp3) is 0.278. The van der Waals surface area contributed by atoms with E-state index in [4.69, 9.17) is 11.6 Å². The fourth-order valence-electron chi connectivity index (χ4n) is 3.14. The molecule has 2 aromatic carbocycles. The molecule has 1 fully saturated rings. The molecule has 136 valence electrons. The number of amides is 1. The van der Waals surface area contributed by atoms with Crippen LogP contribution >= 0.6 is 27.5 Å². The first-order valence-electron chi connectivity index (χ1n) is 8.27. The third-order valence-electron chi connectivity index (χ3n) is 4.59. The molecule has 0 radical (unpaired) electrons. The zero-order valence-corrected chi connectivity index (χ0v) is 16.9. The summed E-state index contributed by atoms with van der Waals surface area (Å²) in [5, 5.41) is 0.444. The van der Waals surface area contributed by atoms with Crippen molar-refractivity contribution in [3.63, 3.8) is 0 Å². The smallest absolute Gasteiger partial charge is 0.263 e. The highest BCUT2D eigenvalue weighted by Crippen LogP contribution is 2.39. The lowest BCUT2D eigenvalue weighted by Crippen LogP contribution is -2.30. The van der Waals surface area contributed by atoms with Gasteiger partial charge in [-0.05, 0) is 71.1 Å². The van der Waals surface area contributed by atoms with Gasteiger partial charge in [-0.25, -0.2) is 8.42 Å². The molecule has 4 rings (SSSR count). The summed E-state index contributed by atoms with van der Waals surface area (Å²) in [6.45, 7) is 0.600. The molecule has 2 aromatic rings. The van der Waals surface area contributed by atoms with Gasteiger partial charge in [-0.3, -0.25) is 9.52 Å². The molecule has 1 N–H and O–H groups in total. The van der Waals surface area contributed by atoms with Crippen LogP contribution in [0, 0.1) is 5.92 Å². The Bertz CT molecular complexity index is 1010. The molecule has 0 aromatic heterocycles. The Labute approximate surface area is 165 Å². The average Bonchev–Trinajstić information content (AvgIpc) is 3.33. The molecule has 8 heteroatoms. The number of benzene rings is 2. The van der Waals surface area contributed by atoms with E-state index in [2.05, 4.69) is 20.7 Å². The van der Waals surface area contributed by atoms with Gasteiger partial charge in [0, 0.05) is 27.6 Å². The monoisotopic (exact) mass is 454 g/mol. The number of halogens is 2. The first-order chi connectivity index (χ1) is 12.3. The Morgan fingerprint density at radius 3 is 2.69 bits per heavy atom. The van der Waals surface area contributed by atoms with E-state index < -0.39 is 10.0 Å². The van der Waals surface area contributed by atoms with Gasteiger partial charge in [0.25, 0.3) is 10.0 Å². The number of hydrogen-bond acceptors (Lipinski definition) is 3. The molecular weight excluding hydrogens is 440 g/mol. The third-order valence-corrected chi connectivity index (χ3v) is 7.16. The topological polar surface area (TPSA) is 66.5 Å². The van der Waals surface area contributed by atoms with Crippen LogP contribution in [0.25, 0.3) is 0 Å². The number of rotatable bonds is 4. The van der Waals surface area contributed by atoms with Crippen molar-refractivity contribution in [1.82, 2.24) is 0 Å². The van der Waals surface area contributed by atoms with Gasteiger partial charge in [-0.1, -0.05) is 17.7 Å². The van der Waals surface area contributed by atoms with Gasteiger partial charge in [0.1, 0.15) is 4.90 Å². The fourth-order valence-corrected chi connectivity index (χ4v) is 5.49. The van der Waals surface area contributed by atoms with Crippen LogP contribution in [0.15, 0.2) is 45.8 Å². The second-order valence-electron chi connectivity index (χ2n) is 6.54. The first-order valence-corrected chi connectivity index (χ1v) is 10.9. The maximum atomic E-state index is 12.9. The van der Waals surface area contributed by atoms with Crippen LogP contribution in [-0.2, 0) is 21.2 Å². The Kier molecular flexibility index (Phi) is 4.49. The molecule has 0 unspecified atom stereocenters. The van der Waals surface area contributed by atoms with Crippen molar-refractivity contribution < 1.29 is 13.2 Å². The van der Waals surface area contributed by atoms with Crippen LogP contribution in [0.5, 0.6) is 0 Å². The van der Waals surface area contributed by atoms with E-state index in [9.17, 15) is 13.2 Å². The maximum Gasteiger partial charge on any atom is 0.263 e. The number of carbonyl (C=O) groups is 1. The molecule has 1 amide bonds. The predicted molar refractivity (Wildman–Crippen MR) is 105 cm³/mol. The standard InChI is InChI=1S/C18H16BrClN2O3S/c19-15-8-12-6-7-22(18(23)11-4-5-11)16(12)10-17(15)26(24,25)21-14-3-1-2-13(20)9-14/h1-3,8-11,21H,4-7H2. The highest BCUT2D eigenvalue weighted by atomic mass is 79.9. The van der Waals surface area contributed by atoms with Crippen LogP contribution in [0.4, 0.5) is 11.4 Å². The molecule has 0 spiro atoms. The van der Waals surface area contributed by atoms with E-state index in [1.54, 1.807) is 41.3 Å². The van der Waals surface area contributed by atoms with Crippen molar-refractivity contribution in [3.05, 3.63) is 51.5 Å². The van der Waals surface area contributed by atoms with E-state index in [1.807, 2.05) is 0 Å². The molecular formula is C18H16BrClN2O3S. The quantitative estimate of drug-likeness (QED) is 0.751. The minimum atomic E-state index is -3.83. The maximum absolute atomic E-state index is 12.9. The van der Waals surface area contributed by atoms with Crippen LogP contribution in [0.2, 0.25) is 5.02 Å². The zero-order valence-electron chi connectivity index (χ0n) is 13.7. The number of sulfonamides is 1. The summed E-state index contributed by atoms with van der Waals surface area (Å²) in [6.07, 6.45) is 2.57. The van der Waals surface area contributed by atoms with Crippen molar-refractivity contribution in [2.24, 2.45) is 5.92 Å². The number of nitrogens with zero attached hydrogens (tertiary/aromatic N) is 1. The summed E-state index contributed by atoms with van der Waals surface area (Å²) in [5.74, 6) is 0.187. The van der Waals surface area contributed by atoms with Crippen LogP contribution in [0.1, 0.15) is 18.4 Å². The summed E-state index contributed by atoms with van der Waals surface area (Å²) in [6, 6.07) is 9.90. The zero-order chi connectivity index (χ0) is 18.5. The summed E-state index contributed by atoms with van der Waals surface area (Å²) < 4.78 is 28.8. The van der Waals surface area contributed by atoms with Gasteiger partial charge in [0.2, 0.25) is 5.91 Å². The SMILES string of the molecule is O=C(C1CC1)N1CCc2cc(Br)c(S(=O)(=O)Nc3cccc(Cl)c3)cc21. The average molecular weight is 456 g/mol. The van der Waals surface area contributed by atoms with Gasteiger partial charge in [0.15, 0.2) is 0 Å². The second kappa shape index (κ2) is 6.55. The molecule has 1 saturated carbocycles. The molecule has 5 nitrogen and oxygen atoms in total. The van der Waals surface area contributed by atoms with E-state index >= 15 is 0 Å². The van der Waals surface area contributed by atoms with Crippen LogP contribution in [0.3, 0.4) is 0 Å². The van der Waals surface area contributed by atoms with E-state index in [0.717, 1.165) is 24.8 Å². The van der Waals surface area contributed by atoms with E-state index in [1.165, 1.54) is 0 Å². The lowest BCUT2D eigenvalue weighted by molar-refractivity contribution is -0.119. The molecule has 26 heavy (non-hydrogen) atoms. The van der Waals surface area contributed by atoms with Crippen LogP contribution < -0.4 is 9.62 Å². The highest BCUT2D eigenvalue weighted by Gasteiger charge is 2.37. The number of carbonyl (C=O) groups excluding carboxylic acids is 1. The van der Waals surface area contributed by atoms with Crippen molar-refractivity contribution in [2.75, 3.05) is 16.2 Å². The number of anilines is 2. The Balaban J connectivity index is 1.70. The van der Waals surface area contributed by atoms with Gasteiger partial charge in [-0.15, -0.1) is 0 Å². The van der Waals surface area contributed by atoms with Gasteiger partial charge >= 0.3 is 0 Å². The summed E-state index contributed by atoms with van der Waals surface area (Å²) >= 11 is 9.29. The van der Waals surface area contributed by atoms with Gasteiger partial charge < -0.3 is 4.90 Å². The molecule has 0 saturated heterocycles. The molecule has 2 aliphatic rings. The minimum Gasteiger partial charge on any atom is -0.312 e. The molecule has 1 aliphatic heterocycles. The number of fused-ring (bicyclic) bond motifs is 1. The summed E-state index contributed by atoms with van der Waals surface area (Å²) in [7, 11) is -3.83. The number of hydrogen-bond donors (Lipinski definition) is 1. The van der Waals surface area contributed by atoms with Crippen LogP contribution in [-0.4, -0.2) is 20.9 Å². The molecule has 1 aliphatic carbocycles. The largest absolute Gasteiger partial charge is 0.312 e. The van der Waals surface area contributed by atoms with Crippen molar-refractivity contribution >= 4 is 54.8 Å². The first kappa shape index (κ1) is 17.8. The Morgan fingerprint density at radius 1 is 1.23 bits per heavy atom. The Morgan fingerprint density at radius 2 is 2.00 bits per heavy atom. The lowest BCUT2D eigenvalue weighted by atomic mass is 10.2. The normalized spacial score (nSPS) is 16.5. The van der Waals surface area contributed by atoms with Crippen molar-refractivity contribution in [3.8, 4) is 0 Å². The third kappa shape index (κ3) is 3.35. The Hall–Kier alpha value is -1.57. The molecule has 0 bridgehead atoms. The molecule has 1 heterocycles. The lowest BCUT2D eigenvalue weighted by Gasteiger charge is -2.18. The van der Waals surface area contributed by atoms with Gasteiger partial charge in [0.05, 0.1) is 5.69 Å². The second-order valence-corrected chi connectivity index (χ2v) is 9.48. The minimum absolute atomic E-state index is 0.0919.